The van der Waals surface area contributed by atoms with Crippen molar-refractivity contribution in [3.05, 3.63) is 99.5 Å². The summed E-state index contributed by atoms with van der Waals surface area (Å²) >= 11 is 12.1. The number of fused-ring (bicyclic) bond motifs is 1. The smallest absolute Gasteiger partial charge is 0.201 e. The Morgan fingerprint density at radius 2 is 1.27 bits per heavy atom. The van der Waals surface area contributed by atoms with E-state index in [9.17, 15) is 9.59 Å². The van der Waals surface area contributed by atoms with Gasteiger partial charge in [0.25, 0.3) is 0 Å². The van der Waals surface area contributed by atoms with E-state index in [1.165, 1.54) is 0 Å². The van der Waals surface area contributed by atoms with Crippen LogP contribution in [0.3, 0.4) is 0 Å². The van der Waals surface area contributed by atoms with Crippen LogP contribution in [-0.4, -0.2) is 11.6 Å². The van der Waals surface area contributed by atoms with Gasteiger partial charge < -0.3 is 5.32 Å². The maximum Gasteiger partial charge on any atom is 0.201 e. The standard InChI is InChI=1S/C21H13Cl2NO2/c22-17-11-10-14(12-18(17)23)24-21(13-6-2-1-3-7-13)19(25)15-8-4-5-9-16(15)20(21)26/h1-12,24H. The molecule has 0 saturated carbocycles. The van der Waals surface area contributed by atoms with Gasteiger partial charge in [-0.1, -0.05) is 77.8 Å². The molecule has 0 atom stereocenters. The molecule has 3 aromatic rings. The maximum absolute atomic E-state index is 13.3. The Bertz CT molecular complexity index is 996. The average molecular weight is 382 g/mol. The topological polar surface area (TPSA) is 46.2 Å². The lowest BCUT2D eigenvalue weighted by Crippen LogP contribution is -2.46. The second-order valence-corrected chi connectivity index (χ2v) is 6.89. The maximum atomic E-state index is 13.3. The van der Waals surface area contributed by atoms with Gasteiger partial charge >= 0.3 is 0 Å². The fraction of sp³-hybridized carbons (Fsp3) is 0.0476. The molecule has 1 N–H and O–H groups in total. The van der Waals surface area contributed by atoms with Crippen LogP contribution in [0.5, 0.6) is 0 Å². The highest BCUT2D eigenvalue weighted by molar-refractivity contribution is 6.42. The Morgan fingerprint density at radius 3 is 1.85 bits per heavy atom. The molecule has 5 heteroatoms. The number of halogens is 2. The van der Waals surface area contributed by atoms with Gasteiger partial charge in [0.2, 0.25) is 11.6 Å². The van der Waals surface area contributed by atoms with Crippen molar-refractivity contribution in [2.45, 2.75) is 5.54 Å². The van der Waals surface area contributed by atoms with E-state index in [4.69, 9.17) is 23.2 Å². The van der Waals surface area contributed by atoms with Crippen molar-refractivity contribution < 1.29 is 9.59 Å². The zero-order valence-electron chi connectivity index (χ0n) is 13.5. The van der Waals surface area contributed by atoms with E-state index in [1.54, 1.807) is 66.7 Å². The number of hydrogen-bond acceptors (Lipinski definition) is 3. The summed E-state index contributed by atoms with van der Waals surface area (Å²) in [7, 11) is 0. The van der Waals surface area contributed by atoms with Crippen LogP contribution in [0.1, 0.15) is 26.3 Å². The number of benzene rings is 3. The first-order valence-electron chi connectivity index (χ1n) is 8.01. The normalized spacial score (nSPS) is 15.0. The summed E-state index contributed by atoms with van der Waals surface area (Å²) in [5.74, 6) is -0.564. The molecule has 0 bridgehead atoms. The Hall–Kier alpha value is -2.62. The first-order chi connectivity index (χ1) is 12.5. The van der Waals surface area contributed by atoms with Crippen molar-refractivity contribution in [1.29, 1.82) is 0 Å². The molecule has 1 aliphatic rings. The summed E-state index contributed by atoms with van der Waals surface area (Å²) in [5, 5.41) is 3.89. The third-order valence-corrected chi connectivity index (χ3v) is 5.29. The van der Waals surface area contributed by atoms with Crippen LogP contribution in [0.2, 0.25) is 10.0 Å². The highest BCUT2D eigenvalue weighted by Gasteiger charge is 2.54. The largest absolute Gasteiger partial charge is 0.362 e. The van der Waals surface area contributed by atoms with Gasteiger partial charge in [0.05, 0.1) is 10.0 Å². The van der Waals surface area contributed by atoms with Crippen LogP contribution in [0.15, 0.2) is 72.8 Å². The molecule has 3 aromatic carbocycles. The Kier molecular flexibility index (Phi) is 4.06. The zero-order valence-corrected chi connectivity index (χ0v) is 15.0. The predicted octanol–water partition coefficient (Wildman–Crippen LogP) is 5.38. The SMILES string of the molecule is O=C1c2ccccc2C(=O)C1(Nc1ccc(Cl)c(Cl)c1)c1ccccc1. The van der Waals surface area contributed by atoms with Gasteiger partial charge in [0, 0.05) is 16.8 Å². The van der Waals surface area contributed by atoms with Crippen LogP contribution in [0.25, 0.3) is 0 Å². The van der Waals surface area contributed by atoms with Crippen LogP contribution in [0.4, 0.5) is 5.69 Å². The Labute approximate surface area is 160 Å². The molecule has 3 nitrogen and oxygen atoms in total. The molecule has 1 aliphatic carbocycles. The fourth-order valence-electron chi connectivity index (χ4n) is 3.31. The van der Waals surface area contributed by atoms with Crippen molar-refractivity contribution in [3.8, 4) is 0 Å². The van der Waals surface area contributed by atoms with Gasteiger partial charge in [-0.2, -0.15) is 0 Å². The third-order valence-electron chi connectivity index (χ3n) is 4.56. The molecule has 0 saturated heterocycles. The van der Waals surface area contributed by atoms with E-state index in [-0.39, 0.29) is 11.6 Å². The molecule has 0 aromatic heterocycles. The van der Waals surface area contributed by atoms with E-state index in [0.29, 0.717) is 32.4 Å². The summed E-state index contributed by atoms with van der Waals surface area (Å²) in [6.45, 7) is 0. The van der Waals surface area contributed by atoms with Gasteiger partial charge in [-0.25, -0.2) is 0 Å². The van der Waals surface area contributed by atoms with Crippen molar-refractivity contribution in [1.82, 2.24) is 0 Å². The molecule has 0 unspecified atom stereocenters. The number of hydrogen-bond donors (Lipinski definition) is 1. The van der Waals surface area contributed by atoms with Gasteiger partial charge in [-0.05, 0) is 23.8 Å². The first-order valence-corrected chi connectivity index (χ1v) is 8.77. The molecule has 0 amide bonds. The molecule has 128 valence electrons. The van der Waals surface area contributed by atoms with Gasteiger partial charge in [0.1, 0.15) is 0 Å². The number of Topliss-reactive ketones (excluding diaryl/α,β-unsaturated/α-hetero) is 2. The van der Waals surface area contributed by atoms with Crippen molar-refractivity contribution in [2.24, 2.45) is 0 Å². The van der Waals surface area contributed by atoms with Crippen LogP contribution < -0.4 is 5.32 Å². The predicted molar refractivity (Wildman–Crippen MR) is 103 cm³/mol. The lowest BCUT2D eigenvalue weighted by molar-refractivity contribution is 0.0819. The molecular formula is C21H13Cl2NO2. The first kappa shape index (κ1) is 16.8. The van der Waals surface area contributed by atoms with E-state index >= 15 is 0 Å². The molecule has 0 heterocycles. The van der Waals surface area contributed by atoms with Crippen molar-refractivity contribution >= 4 is 40.5 Å². The van der Waals surface area contributed by atoms with Crippen LogP contribution in [-0.2, 0) is 5.54 Å². The number of ketones is 2. The number of anilines is 1. The Balaban J connectivity index is 1.91. The summed E-state index contributed by atoms with van der Waals surface area (Å²) < 4.78 is 0. The molecule has 26 heavy (non-hydrogen) atoms. The minimum absolute atomic E-state index is 0.282. The summed E-state index contributed by atoms with van der Waals surface area (Å²) in [5.41, 5.74) is 0.417. The summed E-state index contributed by atoms with van der Waals surface area (Å²) in [4.78, 5) is 26.7. The molecule has 0 fully saturated rings. The van der Waals surface area contributed by atoms with Gasteiger partial charge in [-0.15, -0.1) is 0 Å². The van der Waals surface area contributed by atoms with E-state index in [2.05, 4.69) is 5.32 Å². The highest BCUT2D eigenvalue weighted by atomic mass is 35.5. The van der Waals surface area contributed by atoms with Crippen molar-refractivity contribution in [2.75, 3.05) is 5.32 Å². The minimum Gasteiger partial charge on any atom is -0.362 e. The molecule has 4 rings (SSSR count). The number of carbonyl (C=O) groups excluding carboxylic acids is 2. The lowest BCUT2D eigenvalue weighted by atomic mass is 9.84. The van der Waals surface area contributed by atoms with Crippen LogP contribution in [0, 0.1) is 0 Å². The zero-order chi connectivity index (χ0) is 18.3. The second-order valence-electron chi connectivity index (χ2n) is 6.07. The quantitative estimate of drug-likeness (QED) is 0.619. The fourth-order valence-corrected chi connectivity index (χ4v) is 3.61. The number of nitrogens with one attached hydrogen (secondary N) is 1. The summed E-state index contributed by atoms with van der Waals surface area (Å²) in [6.07, 6.45) is 0. The van der Waals surface area contributed by atoms with Gasteiger partial charge in [0.15, 0.2) is 5.54 Å². The molecular weight excluding hydrogens is 369 g/mol. The van der Waals surface area contributed by atoms with E-state index < -0.39 is 5.54 Å². The number of rotatable bonds is 3. The lowest BCUT2D eigenvalue weighted by Gasteiger charge is -2.29. The number of carbonyl (C=O) groups is 2. The summed E-state index contributed by atoms with van der Waals surface area (Å²) in [6, 6.07) is 20.8. The van der Waals surface area contributed by atoms with Crippen molar-refractivity contribution in [3.63, 3.8) is 0 Å². The monoisotopic (exact) mass is 381 g/mol. The molecule has 0 radical (unpaired) electrons. The van der Waals surface area contributed by atoms with Gasteiger partial charge in [-0.3, -0.25) is 9.59 Å². The Morgan fingerprint density at radius 1 is 0.692 bits per heavy atom. The molecule has 0 spiro atoms. The van der Waals surface area contributed by atoms with E-state index in [1.807, 2.05) is 6.07 Å². The highest BCUT2D eigenvalue weighted by Crippen LogP contribution is 2.41. The average Bonchev–Trinajstić information content (AvgIpc) is 2.88. The van der Waals surface area contributed by atoms with Crippen LogP contribution >= 0.6 is 23.2 Å². The van der Waals surface area contributed by atoms with E-state index in [0.717, 1.165) is 0 Å². The minimum atomic E-state index is -1.53. The molecule has 0 aliphatic heterocycles. The third kappa shape index (κ3) is 2.44. The second kappa shape index (κ2) is 6.27.